The van der Waals surface area contributed by atoms with E-state index in [9.17, 15) is 0 Å². The zero-order valence-corrected chi connectivity index (χ0v) is 8.01. The predicted octanol–water partition coefficient (Wildman–Crippen LogP) is 1.06. The third-order valence-corrected chi connectivity index (χ3v) is 2.53. The Bertz CT molecular complexity index is 293. The molecule has 4 nitrogen and oxygen atoms in total. The van der Waals surface area contributed by atoms with Crippen molar-refractivity contribution in [3.8, 4) is 0 Å². The first-order valence-corrected chi connectivity index (χ1v) is 4.47. The Morgan fingerprint density at radius 1 is 1.23 bits per heavy atom. The third kappa shape index (κ3) is 1.56. The molecule has 1 aliphatic heterocycles. The van der Waals surface area contributed by atoms with E-state index in [2.05, 4.69) is 15.5 Å². The van der Waals surface area contributed by atoms with Gasteiger partial charge >= 0.3 is 0 Å². The van der Waals surface area contributed by atoms with Crippen LogP contribution in [-0.4, -0.2) is 23.2 Å². The molecule has 1 N–H and O–H groups in total. The quantitative estimate of drug-likeness (QED) is 0.778. The van der Waals surface area contributed by atoms with Crippen LogP contribution in [0.2, 0.25) is 0 Å². The molecule has 2 fully saturated rings. The van der Waals surface area contributed by atoms with Crippen molar-refractivity contribution in [2.45, 2.75) is 24.7 Å². The van der Waals surface area contributed by atoms with E-state index in [1.807, 2.05) is 0 Å². The zero-order valence-electron chi connectivity index (χ0n) is 7.19. The van der Waals surface area contributed by atoms with Crippen LogP contribution in [0.15, 0.2) is 4.52 Å². The van der Waals surface area contributed by atoms with Crippen LogP contribution in [0.25, 0.3) is 0 Å². The second kappa shape index (κ2) is 3.27. The molecule has 0 radical (unpaired) electrons. The normalized spacial score (nSPS) is 22.2. The van der Waals surface area contributed by atoms with Gasteiger partial charge in [-0.3, -0.25) is 0 Å². The fraction of sp³-hybridized carbons (Fsp3) is 0.750. The van der Waals surface area contributed by atoms with Crippen LogP contribution in [0.1, 0.15) is 36.4 Å². The van der Waals surface area contributed by atoms with E-state index in [1.165, 1.54) is 12.8 Å². The summed E-state index contributed by atoms with van der Waals surface area (Å²) in [6, 6.07) is 0. The summed E-state index contributed by atoms with van der Waals surface area (Å²) in [5, 5.41) is 7.15. The summed E-state index contributed by atoms with van der Waals surface area (Å²) < 4.78 is 5.17. The zero-order chi connectivity index (χ0) is 7.97. The number of rotatable bonds is 2. The van der Waals surface area contributed by atoms with Gasteiger partial charge in [0.15, 0.2) is 5.82 Å². The highest BCUT2D eigenvalue weighted by atomic mass is 35.5. The maximum absolute atomic E-state index is 5.17. The van der Waals surface area contributed by atoms with E-state index in [4.69, 9.17) is 4.52 Å². The summed E-state index contributed by atoms with van der Waals surface area (Å²) in [4.78, 5) is 4.38. The number of nitrogens with zero attached hydrogens (tertiary/aromatic N) is 2. The van der Waals surface area contributed by atoms with Gasteiger partial charge in [0.05, 0.1) is 5.92 Å². The van der Waals surface area contributed by atoms with Gasteiger partial charge in [0, 0.05) is 19.0 Å². The number of hydrogen-bond donors (Lipinski definition) is 1. The average Bonchev–Trinajstić information content (AvgIpc) is 2.70. The Hall–Kier alpha value is -0.610. The molecule has 2 aliphatic rings. The minimum atomic E-state index is 0. The Morgan fingerprint density at radius 3 is 2.54 bits per heavy atom. The molecular weight excluding hydrogens is 190 g/mol. The Balaban J connectivity index is 0.000000653. The van der Waals surface area contributed by atoms with Crippen molar-refractivity contribution < 1.29 is 4.52 Å². The minimum absolute atomic E-state index is 0. The molecule has 1 aliphatic carbocycles. The molecule has 5 heteroatoms. The predicted molar refractivity (Wildman–Crippen MR) is 49.1 cm³/mol. The molecule has 1 saturated carbocycles. The topological polar surface area (TPSA) is 51.0 Å². The van der Waals surface area contributed by atoms with Crippen LogP contribution in [0, 0.1) is 0 Å². The van der Waals surface area contributed by atoms with Crippen LogP contribution in [-0.2, 0) is 0 Å². The molecule has 13 heavy (non-hydrogen) atoms. The highest BCUT2D eigenvalue weighted by Crippen LogP contribution is 2.38. The van der Waals surface area contributed by atoms with E-state index in [0.29, 0.717) is 11.8 Å². The maximum atomic E-state index is 5.17. The van der Waals surface area contributed by atoms with Crippen molar-refractivity contribution in [2.24, 2.45) is 0 Å². The number of hydrogen-bond acceptors (Lipinski definition) is 4. The van der Waals surface area contributed by atoms with Gasteiger partial charge in [0.25, 0.3) is 0 Å². The minimum Gasteiger partial charge on any atom is -0.339 e. The van der Waals surface area contributed by atoms with E-state index in [0.717, 1.165) is 24.8 Å². The first-order chi connectivity index (χ1) is 5.93. The first kappa shape index (κ1) is 8.97. The van der Waals surface area contributed by atoms with Gasteiger partial charge in [-0.25, -0.2) is 0 Å². The lowest BCUT2D eigenvalue weighted by atomic mass is 10.0. The summed E-state index contributed by atoms with van der Waals surface area (Å²) in [5.74, 6) is 2.84. The maximum Gasteiger partial charge on any atom is 0.232 e. The monoisotopic (exact) mass is 201 g/mol. The Morgan fingerprint density at radius 2 is 2.00 bits per heavy atom. The third-order valence-electron chi connectivity index (χ3n) is 2.53. The summed E-state index contributed by atoms with van der Waals surface area (Å²) in [6.45, 7) is 1.98. The van der Waals surface area contributed by atoms with E-state index < -0.39 is 0 Å². The molecule has 0 atom stereocenters. The lowest BCUT2D eigenvalue weighted by molar-refractivity contribution is 0.306. The lowest BCUT2D eigenvalue weighted by Gasteiger charge is -2.22. The molecule has 3 rings (SSSR count). The molecule has 0 unspecified atom stereocenters. The highest BCUT2D eigenvalue weighted by Gasteiger charge is 2.31. The van der Waals surface area contributed by atoms with Gasteiger partial charge < -0.3 is 9.84 Å². The standard InChI is InChI=1S/C8H11N3O.ClH/c1-2-5(1)7-10-8(12-11-7)6-3-9-4-6;/h5-6,9H,1-4H2;1H. The van der Waals surface area contributed by atoms with E-state index in [-0.39, 0.29) is 12.4 Å². The van der Waals surface area contributed by atoms with Gasteiger partial charge in [-0.1, -0.05) is 5.16 Å². The molecule has 2 heterocycles. The summed E-state index contributed by atoms with van der Waals surface area (Å²) in [7, 11) is 0. The molecule has 1 aromatic rings. The number of aromatic nitrogens is 2. The molecule has 72 valence electrons. The molecule has 0 aromatic carbocycles. The lowest BCUT2D eigenvalue weighted by Crippen LogP contribution is -2.40. The summed E-state index contributed by atoms with van der Waals surface area (Å²) >= 11 is 0. The van der Waals surface area contributed by atoms with Gasteiger partial charge in [-0.2, -0.15) is 4.98 Å². The van der Waals surface area contributed by atoms with Crippen LogP contribution in [0.5, 0.6) is 0 Å². The van der Waals surface area contributed by atoms with E-state index >= 15 is 0 Å². The van der Waals surface area contributed by atoms with Crippen molar-refractivity contribution in [3.63, 3.8) is 0 Å². The van der Waals surface area contributed by atoms with Crippen LogP contribution < -0.4 is 5.32 Å². The summed E-state index contributed by atoms with van der Waals surface area (Å²) in [6.07, 6.45) is 2.48. The molecule has 1 saturated heterocycles. The largest absolute Gasteiger partial charge is 0.339 e. The Kier molecular flexibility index (Phi) is 2.26. The van der Waals surface area contributed by atoms with Crippen molar-refractivity contribution in [2.75, 3.05) is 13.1 Å². The van der Waals surface area contributed by atoms with Gasteiger partial charge in [0.1, 0.15) is 0 Å². The molecule has 0 bridgehead atoms. The van der Waals surface area contributed by atoms with Gasteiger partial charge in [-0.15, -0.1) is 12.4 Å². The molecular formula is C8H12ClN3O. The first-order valence-electron chi connectivity index (χ1n) is 4.47. The molecule has 1 aromatic heterocycles. The van der Waals surface area contributed by atoms with Gasteiger partial charge in [0.2, 0.25) is 5.89 Å². The van der Waals surface area contributed by atoms with Gasteiger partial charge in [-0.05, 0) is 12.8 Å². The van der Waals surface area contributed by atoms with Crippen molar-refractivity contribution >= 4 is 12.4 Å². The number of nitrogens with one attached hydrogen (secondary N) is 1. The summed E-state index contributed by atoms with van der Waals surface area (Å²) in [5.41, 5.74) is 0. The van der Waals surface area contributed by atoms with E-state index in [1.54, 1.807) is 0 Å². The second-order valence-electron chi connectivity index (χ2n) is 3.62. The average molecular weight is 202 g/mol. The van der Waals surface area contributed by atoms with Crippen molar-refractivity contribution in [1.82, 2.24) is 15.5 Å². The molecule has 0 amide bonds. The smallest absolute Gasteiger partial charge is 0.232 e. The molecule has 0 spiro atoms. The Labute approximate surface area is 82.5 Å². The fourth-order valence-corrected chi connectivity index (χ4v) is 1.38. The van der Waals surface area contributed by atoms with Crippen LogP contribution >= 0.6 is 12.4 Å². The van der Waals surface area contributed by atoms with Crippen molar-refractivity contribution in [3.05, 3.63) is 11.7 Å². The van der Waals surface area contributed by atoms with Crippen molar-refractivity contribution in [1.29, 1.82) is 0 Å². The van der Waals surface area contributed by atoms with Crippen LogP contribution in [0.3, 0.4) is 0 Å². The fourth-order valence-electron chi connectivity index (χ4n) is 1.38. The second-order valence-corrected chi connectivity index (χ2v) is 3.62. The van der Waals surface area contributed by atoms with Crippen LogP contribution in [0.4, 0.5) is 0 Å². The number of halogens is 1. The SMILES string of the molecule is C1CC1c1noc(C2CNC2)n1.Cl. The highest BCUT2D eigenvalue weighted by molar-refractivity contribution is 5.85.